The van der Waals surface area contributed by atoms with Crippen LogP contribution in [0, 0.1) is 0 Å². The average molecular weight is 253 g/mol. The molecule has 2 atom stereocenters. The second kappa shape index (κ2) is 7.16. The highest BCUT2D eigenvalue weighted by Gasteiger charge is 2.25. The third-order valence-electron chi connectivity index (χ3n) is 2.94. The van der Waals surface area contributed by atoms with Gasteiger partial charge < -0.3 is 10.1 Å². The quantitative estimate of drug-likeness (QED) is 0.898. The van der Waals surface area contributed by atoms with E-state index in [9.17, 15) is 4.79 Å². The van der Waals surface area contributed by atoms with E-state index in [2.05, 4.69) is 17.2 Å². The summed E-state index contributed by atoms with van der Waals surface area (Å²) in [5.41, 5.74) is -0.256. The predicted molar refractivity (Wildman–Crippen MR) is 72.8 cm³/mol. The third-order valence-corrected chi connectivity index (χ3v) is 2.94. The van der Waals surface area contributed by atoms with Crippen LogP contribution in [0.25, 0.3) is 0 Å². The van der Waals surface area contributed by atoms with E-state index < -0.39 is 0 Å². The van der Waals surface area contributed by atoms with E-state index in [-0.39, 0.29) is 18.0 Å². The van der Waals surface area contributed by atoms with Crippen LogP contribution in [0.5, 0.6) is 0 Å². The molecule has 0 saturated carbocycles. The molecule has 102 valence electrons. The summed E-state index contributed by atoms with van der Waals surface area (Å²) in [6.45, 7) is 6.10. The molecule has 1 saturated heterocycles. The third kappa shape index (κ3) is 3.32. The Balaban J connectivity index is 0.000000771. The van der Waals surface area contributed by atoms with Gasteiger partial charge in [-0.2, -0.15) is 4.98 Å². The van der Waals surface area contributed by atoms with Gasteiger partial charge in [-0.3, -0.25) is 4.57 Å². The second-order valence-electron chi connectivity index (χ2n) is 3.95. The van der Waals surface area contributed by atoms with E-state index in [1.165, 1.54) is 0 Å². The van der Waals surface area contributed by atoms with E-state index in [1.807, 2.05) is 13.8 Å². The zero-order valence-electron chi connectivity index (χ0n) is 11.6. The van der Waals surface area contributed by atoms with Gasteiger partial charge in [0.05, 0.1) is 6.10 Å². The molecule has 1 N–H and O–H groups in total. The van der Waals surface area contributed by atoms with Crippen molar-refractivity contribution in [2.75, 3.05) is 12.4 Å². The Kier molecular flexibility index (Phi) is 5.85. The largest absolute Gasteiger partial charge is 0.373 e. The molecule has 1 aliphatic heterocycles. The Hall–Kier alpha value is -1.36. The highest BCUT2D eigenvalue weighted by Crippen LogP contribution is 2.28. The number of hydrogen-bond acceptors (Lipinski definition) is 4. The lowest BCUT2D eigenvalue weighted by Gasteiger charge is -2.14. The molecular weight excluding hydrogens is 230 g/mol. The minimum atomic E-state index is -0.256. The van der Waals surface area contributed by atoms with E-state index in [0.29, 0.717) is 5.82 Å². The molecule has 0 radical (unpaired) electrons. The molecule has 1 aliphatic rings. The summed E-state index contributed by atoms with van der Waals surface area (Å²) in [5, 5.41) is 2.84. The maximum absolute atomic E-state index is 11.7. The van der Waals surface area contributed by atoms with Crippen molar-refractivity contribution in [2.24, 2.45) is 0 Å². The molecule has 0 spiro atoms. The molecule has 0 aromatic carbocycles. The van der Waals surface area contributed by atoms with Crippen molar-refractivity contribution in [1.82, 2.24) is 9.55 Å². The Bertz CT molecular complexity index is 417. The smallest absolute Gasteiger partial charge is 0.351 e. The first-order valence-corrected chi connectivity index (χ1v) is 6.67. The van der Waals surface area contributed by atoms with E-state index in [0.717, 1.165) is 19.3 Å². The summed E-state index contributed by atoms with van der Waals surface area (Å²) in [5.74, 6) is 0.589. The second-order valence-corrected chi connectivity index (χ2v) is 3.95. The van der Waals surface area contributed by atoms with Crippen LogP contribution >= 0.6 is 0 Å². The Morgan fingerprint density at radius 3 is 2.72 bits per heavy atom. The lowest BCUT2D eigenvalue weighted by molar-refractivity contribution is -0.00188. The first-order chi connectivity index (χ1) is 8.74. The molecule has 0 aliphatic carbocycles. The van der Waals surface area contributed by atoms with Crippen LogP contribution < -0.4 is 11.0 Å². The van der Waals surface area contributed by atoms with Gasteiger partial charge in [0, 0.05) is 13.2 Å². The molecule has 1 aromatic heterocycles. The van der Waals surface area contributed by atoms with Crippen LogP contribution in [0.2, 0.25) is 0 Å². The zero-order valence-corrected chi connectivity index (χ0v) is 11.6. The summed E-state index contributed by atoms with van der Waals surface area (Å²) in [6.07, 6.45) is 4.77. The monoisotopic (exact) mass is 253 g/mol. The van der Waals surface area contributed by atoms with Gasteiger partial charge in [0.25, 0.3) is 0 Å². The van der Waals surface area contributed by atoms with Crippen molar-refractivity contribution in [3.63, 3.8) is 0 Å². The van der Waals surface area contributed by atoms with E-state index in [4.69, 9.17) is 4.74 Å². The number of nitrogens with one attached hydrogen (secondary N) is 1. The number of rotatable bonds is 3. The average Bonchev–Trinajstić information content (AvgIpc) is 2.89. The normalized spacial score (nSPS) is 22.2. The molecule has 5 nitrogen and oxygen atoms in total. The molecular formula is C13H23N3O2. The van der Waals surface area contributed by atoms with Crippen LogP contribution in [-0.2, 0) is 4.74 Å². The van der Waals surface area contributed by atoms with Gasteiger partial charge in [-0.05, 0) is 25.3 Å². The molecule has 0 bridgehead atoms. The van der Waals surface area contributed by atoms with E-state index in [1.54, 1.807) is 23.9 Å². The number of aromatic nitrogens is 2. The molecule has 0 amide bonds. The SMILES string of the molecule is CC.CCC1CCC(n2ccc(NC)nc2=O)O1. The maximum atomic E-state index is 11.7. The van der Waals surface area contributed by atoms with Gasteiger partial charge >= 0.3 is 5.69 Å². The van der Waals surface area contributed by atoms with Crippen molar-refractivity contribution in [3.8, 4) is 0 Å². The summed E-state index contributed by atoms with van der Waals surface area (Å²) in [7, 11) is 1.74. The Labute approximate surface area is 108 Å². The van der Waals surface area contributed by atoms with Crippen LogP contribution in [0.15, 0.2) is 17.1 Å². The number of ether oxygens (including phenoxy) is 1. The lowest BCUT2D eigenvalue weighted by atomic mass is 10.2. The van der Waals surface area contributed by atoms with Gasteiger partial charge in [-0.25, -0.2) is 4.79 Å². The van der Waals surface area contributed by atoms with Gasteiger partial charge in [0.15, 0.2) is 0 Å². The van der Waals surface area contributed by atoms with Gasteiger partial charge in [-0.15, -0.1) is 0 Å². The first kappa shape index (κ1) is 14.7. The maximum Gasteiger partial charge on any atom is 0.351 e. The van der Waals surface area contributed by atoms with Gasteiger partial charge in [0.2, 0.25) is 0 Å². The number of nitrogens with zero attached hydrogens (tertiary/aromatic N) is 2. The fourth-order valence-electron chi connectivity index (χ4n) is 1.96. The molecule has 5 heteroatoms. The van der Waals surface area contributed by atoms with Crippen LogP contribution in [0.1, 0.15) is 46.3 Å². The van der Waals surface area contributed by atoms with Crippen LogP contribution in [0.4, 0.5) is 5.82 Å². The molecule has 1 aromatic rings. The Morgan fingerprint density at radius 1 is 1.50 bits per heavy atom. The minimum absolute atomic E-state index is 0.143. The van der Waals surface area contributed by atoms with Crippen LogP contribution in [0.3, 0.4) is 0 Å². The minimum Gasteiger partial charge on any atom is -0.373 e. The summed E-state index contributed by atoms with van der Waals surface area (Å²) < 4.78 is 7.32. The fraction of sp³-hybridized carbons (Fsp3) is 0.692. The van der Waals surface area contributed by atoms with Gasteiger partial charge in [-0.1, -0.05) is 20.8 Å². The highest BCUT2D eigenvalue weighted by molar-refractivity contribution is 5.30. The standard InChI is InChI=1S/C11H17N3O2.C2H6/c1-3-8-4-5-10(16-8)14-7-6-9(12-2)13-11(14)15;1-2/h6-8,10H,3-5H2,1-2H3,(H,12,13,15);1-2H3. The van der Waals surface area contributed by atoms with Crippen molar-refractivity contribution in [2.45, 2.75) is 52.4 Å². The topological polar surface area (TPSA) is 56.2 Å². The molecule has 2 rings (SSSR count). The van der Waals surface area contributed by atoms with Crippen molar-refractivity contribution >= 4 is 5.82 Å². The molecule has 2 unspecified atom stereocenters. The van der Waals surface area contributed by atoms with Crippen LogP contribution in [-0.4, -0.2) is 22.7 Å². The summed E-state index contributed by atoms with van der Waals surface area (Å²) >= 11 is 0. The zero-order chi connectivity index (χ0) is 13.5. The highest BCUT2D eigenvalue weighted by atomic mass is 16.5. The number of hydrogen-bond donors (Lipinski definition) is 1. The lowest BCUT2D eigenvalue weighted by Crippen LogP contribution is -2.27. The van der Waals surface area contributed by atoms with Gasteiger partial charge in [0.1, 0.15) is 12.0 Å². The Morgan fingerprint density at radius 2 is 2.22 bits per heavy atom. The molecule has 1 fully saturated rings. The van der Waals surface area contributed by atoms with Crippen molar-refractivity contribution < 1.29 is 4.74 Å². The number of anilines is 1. The molecule has 18 heavy (non-hydrogen) atoms. The molecule has 2 heterocycles. The van der Waals surface area contributed by atoms with Crippen molar-refractivity contribution in [1.29, 1.82) is 0 Å². The van der Waals surface area contributed by atoms with E-state index >= 15 is 0 Å². The first-order valence-electron chi connectivity index (χ1n) is 6.67. The summed E-state index contributed by atoms with van der Waals surface area (Å²) in [4.78, 5) is 15.6. The van der Waals surface area contributed by atoms with Crippen molar-refractivity contribution in [3.05, 3.63) is 22.7 Å². The summed E-state index contributed by atoms with van der Waals surface area (Å²) in [6, 6.07) is 1.78. The predicted octanol–water partition coefficient (Wildman–Crippen LogP) is 2.40. The fourth-order valence-corrected chi connectivity index (χ4v) is 1.96.